The summed E-state index contributed by atoms with van der Waals surface area (Å²) in [5, 5.41) is 0.649. The summed E-state index contributed by atoms with van der Waals surface area (Å²) >= 11 is 6.15. The molecule has 18 heavy (non-hydrogen) atoms. The van der Waals surface area contributed by atoms with Gasteiger partial charge in [-0.05, 0) is 6.07 Å². The zero-order chi connectivity index (χ0) is 13.3. The first-order valence-electron chi connectivity index (χ1n) is 5.77. The number of aromatic nitrogens is 2. The Morgan fingerprint density at radius 1 is 1.11 bits per heavy atom. The number of hydrogen-bond donors (Lipinski definition) is 1. The Morgan fingerprint density at radius 2 is 1.78 bits per heavy atom. The minimum Gasteiger partial charge on any atom is -0.383 e. The maximum absolute atomic E-state index is 6.15. The summed E-state index contributed by atoms with van der Waals surface area (Å²) in [6, 6.07) is 7.53. The molecule has 1 aromatic heterocycles. The zero-order valence-corrected chi connectivity index (χ0v) is 11.5. The molecule has 1 heterocycles. The Balaban J connectivity index is 2.52. The third kappa shape index (κ3) is 2.46. The van der Waals surface area contributed by atoms with E-state index in [-0.39, 0.29) is 5.41 Å². The number of nitrogens with zero attached hydrogens (tertiary/aromatic N) is 2. The van der Waals surface area contributed by atoms with Gasteiger partial charge in [-0.2, -0.15) is 0 Å². The highest BCUT2D eigenvalue weighted by Crippen LogP contribution is 2.31. The fourth-order valence-corrected chi connectivity index (χ4v) is 1.88. The average molecular weight is 262 g/mol. The van der Waals surface area contributed by atoms with Crippen LogP contribution in [0.2, 0.25) is 5.02 Å². The second kappa shape index (κ2) is 4.58. The molecule has 0 aliphatic heterocycles. The smallest absolute Gasteiger partial charge is 0.136 e. The lowest BCUT2D eigenvalue weighted by Crippen LogP contribution is -2.17. The van der Waals surface area contributed by atoms with Crippen molar-refractivity contribution in [1.29, 1.82) is 0 Å². The molecule has 2 rings (SSSR count). The molecule has 0 spiro atoms. The van der Waals surface area contributed by atoms with Crippen LogP contribution < -0.4 is 5.73 Å². The van der Waals surface area contributed by atoms with Gasteiger partial charge in [0.25, 0.3) is 0 Å². The van der Waals surface area contributed by atoms with Crippen LogP contribution in [-0.2, 0) is 5.41 Å². The molecular weight excluding hydrogens is 246 g/mol. The summed E-state index contributed by atoms with van der Waals surface area (Å²) in [6.45, 7) is 6.16. The summed E-state index contributed by atoms with van der Waals surface area (Å²) < 4.78 is 0. The largest absolute Gasteiger partial charge is 0.383 e. The van der Waals surface area contributed by atoms with Crippen molar-refractivity contribution in [3.8, 4) is 11.1 Å². The molecule has 0 aliphatic rings. The van der Waals surface area contributed by atoms with Crippen LogP contribution in [0.25, 0.3) is 11.1 Å². The Kier molecular flexibility index (Phi) is 3.26. The van der Waals surface area contributed by atoms with E-state index in [0.29, 0.717) is 10.8 Å². The van der Waals surface area contributed by atoms with Crippen molar-refractivity contribution in [1.82, 2.24) is 9.97 Å². The van der Waals surface area contributed by atoms with Crippen LogP contribution in [0.15, 0.2) is 30.5 Å². The van der Waals surface area contributed by atoms with E-state index in [2.05, 4.69) is 30.7 Å². The third-order valence-corrected chi connectivity index (χ3v) is 2.98. The van der Waals surface area contributed by atoms with Crippen LogP contribution in [0.1, 0.15) is 26.6 Å². The summed E-state index contributed by atoms with van der Waals surface area (Å²) in [5.41, 5.74) is 7.52. The summed E-state index contributed by atoms with van der Waals surface area (Å²) in [7, 11) is 0. The van der Waals surface area contributed by atoms with Gasteiger partial charge in [0, 0.05) is 27.8 Å². The van der Waals surface area contributed by atoms with Gasteiger partial charge in [0.05, 0.1) is 0 Å². The predicted molar refractivity (Wildman–Crippen MR) is 75.6 cm³/mol. The Hall–Kier alpha value is -1.61. The van der Waals surface area contributed by atoms with Crippen LogP contribution in [-0.4, -0.2) is 9.97 Å². The van der Waals surface area contributed by atoms with E-state index in [4.69, 9.17) is 17.3 Å². The molecule has 2 N–H and O–H groups in total. The van der Waals surface area contributed by atoms with Crippen molar-refractivity contribution in [2.45, 2.75) is 26.2 Å². The minimum atomic E-state index is -0.118. The fraction of sp³-hybridized carbons (Fsp3) is 0.286. The highest BCUT2D eigenvalue weighted by atomic mass is 35.5. The van der Waals surface area contributed by atoms with Crippen molar-refractivity contribution in [3.05, 3.63) is 41.3 Å². The summed E-state index contributed by atoms with van der Waals surface area (Å²) in [6.07, 6.45) is 1.74. The van der Waals surface area contributed by atoms with Gasteiger partial charge >= 0.3 is 0 Å². The van der Waals surface area contributed by atoms with Crippen LogP contribution in [0.3, 0.4) is 0 Å². The molecular formula is C14H16ClN3. The lowest BCUT2D eigenvalue weighted by molar-refractivity contribution is 0.546. The number of benzene rings is 1. The van der Waals surface area contributed by atoms with E-state index < -0.39 is 0 Å². The van der Waals surface area contributed by atoms with Gasteiger partial charge in [-0.15, -0.1) is 0 Å². The van der Waals surface area contributed by atoms with Crippen molar-refractivity contribution in [3.63, 3.8) is 0 Å². The Labute approximate surface area is 112 Å². The maximum Gasteiger partial charge on any atom is 0.136 e. The normalized spacial score (nSPS) is 11.6. The number of halogens is 1. The monoisotopic (exact) mass is 261 g/mol. The van der Waals surface area contributed by atoms with E-state index in [9.17, 15) is 0 Å². The Morgan fingerprint density at radius 3 is 2.33 bits per heavy atom. The van der Waals surface area contributed by atoms with Gasteiger partial charge in [-0.25, -0.2) is 9.97 Å². The van der Waals surface area contributed by atoms with E-state index >= 15 is 0 Å². The first-order chi connectivity index (χ1) is 8.39. The molecule has 0 unspecified atom stereocenters. The van der Waals surface area contributed by atoms with Crippen molar-refractivity contribution in [2.24, 2.45) is 0 Å². The zero-order valence-electron chi connectivity index (χ0n) is 10.7. The van der Waals surface area contributed by atoms with Crippen LogP contribution in [0, 0.1) is 0 Å². The van der Waals surface area contributed by atoms with Crippen LogP contribution in [0.4, 0.5) is 5.82 Å². The molecule has 2 aromatic rings. The molecule has 4 heteroatoms. The SMILES string of the molecule is CC(C)(C)c1ncc(-c2ccccc2Cl)c(N)n1. The molecule has 0 fully saturated rings. The molecule has 3 nitrogen and oxygen atoms in total. The number of rotatable bonds is 1. The molecule has 0 amide bonds. The fourth-order valence-electron chi connectivity index (χ4n) is 1.64. The van der Waals surface area contributed by atoms with Crippen molar-refractivity contribution < 1.29 is 0 Å². The molecule has 0 saturated carbocycles. The van der Waals surface area contributed by atoms with E-state index in [1.807, 2.05) is 24.3 Å². The molecule has 0 saturated heterocycles. The maximum atomic E-state index is 6.15. The first kappa shape index (κ1) is 12.8. The van der Waals surface area contributed by atoms with Gasteiger partial charge in [-0.1, -0.05) is 50.6 Å². The molecule has 1 aromatic carbocycles. The summed E-state index contributed by atoms with van der Waals surface area (Å²) in [5.74, 6) is 1.19. The number of anilines is 1. The van der Waals surface area contributed by atoms with E-state index in [1.54, 1.807) is 6.20 Å². The molecule has 0 atom stereocenters. The number of hydrogen-bond acceptors (Lipinski definition) is 3. The number of nitrogens with two attached hydrogens (primary N) is 1. The van der Waals surface area contributed by atoms with Gasteiger partial charge in [0.1, 0.15) is 11.6 Å². The minimum absolute atomic E-state index is 0.118. The first-order valence-corrected chi connectivity index (χ1v) is 6.15. The topological polar surface area (TPSA) is 51.8 Å². The van der Waals surface area contributed by atoms with E-state index in [0.717, 1.165) is 17.0 Å². The van der Waals surface area contributed by atoms with Crippen LogP contribution in [0.5, 0.6) is 0 Å². The molecule has 0 bridgehead atoms. The Bertz CT molecular complexity index is 573. The summed E-state index contributed by atoms with van der Waals surface area (Å²) in [4.78, 5) is 8.75. The second-order valence-electron chi connectivity index (χ2n) is 5.22. The third-order valence-electron chi connectivity index (χ3n) is 2.65. The predicted octanol–water partition coefficient (Wildman–Crippen LogP) is 3.68. The average Bonchev–Trinajstić information content (AvgIpc) is 2.29. The standard InChI is InChI=1S/C14H16ClN3/c1-14(2,3)13-17-8-10(12(16)18-13)9-6-4-5-7-11(9)15/h4-8H,1-3H3,(H2,16,17,18). The van der Waals surface area contributed by atoms with Gasteiger partial charge in [-0.3, -0.25) is 0 Å². The van der Waals surface area contributed by atoms with Crippen LogP contribution >= 0.6 is 11.6 Å². The van der Waals surface area contributed by atoms with E-state index in [1.165, 1.54) is 0 Å². The highest BCUT2D eigenvalue weighted by Gasteiger charge is 2.19. The second-order valence-corrected chi connectivity index (χ2v) is 5.63. The van der Waals surface area contributed by atoms with Crippen molar-refractivity contribution in [2.75, 3.05) is 5.73 Å². The molecule has 94 valence electrons. The molecule has 0 aliphatic carbocycles. The van der Waals surface area contributed by atoms with Gasteiger partial charge < -0.3 is 5.73 Å². The lowest BCUT2D eigenvalue weighted by Gasteiger charge is -2.17. The van der Waals surface area contributed by atoms with Gasteiger partial charge in [0.2, 0.25) is 0 Å². The number of nitrogen functional groups attached to an aromatic ring is 1. The molecule has 0 radical (unpaired) electrons. The quantitative estimate of drug-likeness (QED) is 0.852. The highest BCUT2D eigenvalue weighted by molar-refractivity contribution is 6.33. The lowest BCUT2D eigenvalue weighted by atomic mass is 9.95. The van der Waals surface area contributed by atoms with Gasteiger partial charge in [0.15, 0.2) is 0 Å². The van der Waals surface area contributed by atoms with Crippen molar-refractivity contribution >= 4 is 17.4 Å².